The molecule has 0 fully saturated rings. The first-order valence-corrected chi connectivity index (χ1v) is 8.87. The van der Waals surface area contributed by atoms with E-state index in [0.717, 1.165) is 22.8 Å². The zero-order chi connectivity index (χ0) is 19.8. The Morgan fingerprint density at radius 2 is 1.96 bits per heavy atom. The van der Waals surface area contributed by atoms with Gasteiger partial charge in [-0.05, 0) is 75.2 Å². The van der Waals surface area contributed by atoms with E-state index in [4.69, 9.17) is 4.74 Å². The highest BCUT2D eigenvalue weighted by Gasteiger charge is 2.08. The second kappa shape index (κ2) is 9.40. The molecule has 0 aliphatic carbocycles. The van der Waals surface area contributed by atoms with Crippen LogP contribution in [0.15, 0.2) is 60.1 Å². The van der Waals surface area contributed by atoms with Crippen molar-refractivity contribution >= 4 is 17.2 Å². The standard InChI is InChI=1S/C23H25N3O.H2/c1-6-8-22(19-9-10-23(27-7-2)20(14-19)15-24)26-18(5)25-21-12-16(3)11-17(4)13-21;/h6,8-14H,1,7H2,2-5H3,(H,25,26);1H/b22-8-;. The van der Waals surface area contributed by atoms with E-state index in [-0.39, 0.29) is 1.43 Å². The fourth-order valence-electron chi connectivity index (χ4n) is 2.83. The van der Waals surface area contributed by atoms with Crippen LogP contribution in [0.25, 0.3) is 5.70 Å². The zero-order valence-corrected chi connectivity index (χ0v) is 16.3. The smallest absolute Gasteiger partial charge is 0.137 e. The second-order valence-electron chi connectivity index (χ2n) is 6.24. The van der Waals surface area contributed by atoms with Gasteiger partial charge in [0.25, 0.3) is 0 Å². The van der Waals surface area contributed by atoms with Gasteiger partial charge in [-0.1, -0.05) is 18.7 Å². The van der Waals surface area contributed by atoms with Gasteiger partial charge in [-0.25, -0.2) is 4.99 Å². The quantitative estimate of drug-likeness (QED) is 0.397. The summed E-state index contributed by atoms with van der Waals surface area (Å²) in [4.78, 5) is 4.69. The molecule has 2 rings (SSSR count). The summed E-state index contributed by atoms with van der Waals surface area (Å²) in [6.07, 6.45) is 3.51. The average Bonchev–Trinajstić information content (AvgIpc) is 2.61. The molecule has 0 aliphatic rings. The molecule has 0 saturated heterocycles. The van der Waals surface area contributed by atoms with Gasteiger partial charge in [0.05, 0.1) is 17.9 Å². The summed E-state index contributed by atoms with van der Waals surface area (Å²) in [7, 11) is 0. The van der Waals surface area contributed by atoms with Crippen LogP contribution in [0.4, 0.5) is 5.69 Å². The molecule has 0 heterocycles. The number of hydrogen-bond acceptors (Lipinski definition) is 3. The van der Waals surface area contributed by atoms with Crippen molar-refractivity contribution in [3.8, 4) is 11.8 Å². The Labute approximate surface area is 163 Å². The first-order chi connectivity index (χ1) is 13.0. The molecular weight excluding hydrogens is 334 g/mol. The summed E-state index contributed by atoms with van der Waals surface area (Å²) in [5.74, 6) is 1.33. The number of nitriles is 1. The Bertz CT molecular complexity index is 919. The Hall–Kier alpha value is -3.32. The maximum atomic E-state index is 9.39. The van der Waals surface area contributed by atoms with Crippen molar-refractivity contribution in [1.29, 1.82) is 5.26 Å². The van der Waals surface area contributed by atoms with Crippen LogP contribution in [0, 0.1) is 25.2 Å². The van der Waals surface area contributed by atoms with Crippen LogP contribution in [0.2, 0.25) is 0 Å². The molecule has 2 aromatic carbocycles. The average molecular weight is 361 g/mol. The highest BCUT2D eigenvalue weighted by Crippen LogP contribution is 2.25. The van der Waals surface area contributed by atoms with E-state index in [0.29, 0.717) is 17.9 Å². The lowest BCUT2D eigenvalue weighted by Gasteiger charge is -2.11. The van der Waals surface area contributed by atoms with Crippen molar-refractivity contribution in [3.63, 3.8) is 0 Å². The number of benzene rings is 2. The molecule has 0 unspecified atom stereocenters. The minimum absolute atomic E-state index is 0. The summed E-state index contributed by atoms with van der Waals surface area (Å²) >= 11 is 0. The molecule has 0 bridgehead atoms. The fourth-order valence-corrected chi connectivity index (χ4v) is 2.83. The van der Waals surface area contributed by atoms with Gasteiger partial charge in [0.2, 0.25) is 0 Å². The maximum Gasteiger partial charge on any atom is 0.137 e. The summed E-state index contributed by atoms with van der Waals surface area (Å²) in [5, 5.41) is 12.7. The Morgan fingerprint density at radius 1 is 1.26 bits per heavy atom. The predicted octanol–water partition coefficient (Wildman–Crippen LogP) is 5.88. The molecule has 4 heteroatoms. The fraction of sp³-hybridized carbons (Fsp3) is 0.217. The highest BCUT2D eigenvalue weighted by atomic mass is 16.5. The summed E-state index contributed by atoms with van der Waals surface area (Å²) in [6.45, 7) is 12.2. The Morgan fingerprint density at radius 3 is 2.56 bits per heavy atom. The topological polar surface area (TPSA) is 57.4 Å². The number of hydrogen-bond donors (Lipinski definition) is 1. The Balaban J connectivity index is 0.00000392. The minimum Gasteiger partial charge on any atom is -0.492 e. The first-order valence-electron chi connectivity index (χ1n) is 8.87. The van der Waals surface area contributed by atoms with E-state index in [1.54, 1.807) is 18.2 Å². The molecular formula is C23H27N3O. The lowest BCUT2D eigenvalue weighted by atomic mass is 10.1. The van der Waals surface area contributed by atoms with Crippen molar-refractivity contribution in [2.45, 2.75) is 27.7 Å². The minimum atomic E-state index is 0. The molecule has 0 aromatic heterocycles. The van der Waals surface area contributed by atoms with Crippen LogP contribution in [0.1, 0.15) is 37.5 Å². The Kier molecular flexibility index (Phi) is 6.96. The van der Waals surface area contributed by atoms with Crippen molar-refractivity contribution < 1.29 is 6.16 Å². The van der Waals surface area contributed by atoms with Gasteiger partial charge in [0.15, 0.2) is 0 Å². The van der Waals surface area contributed by atoms with Crippen LogP contribution in [0.5, 0.6) is 5.75 Å². The van der Waals surface area contributed by atoms with Gasteiger partial charge in [0.1, 0.15) is 17.7 Å². The summed E-state index contributed by atoms with van der Waals surface area (Å²) in [6, 6.07) is 13.9. The van der Waals surface area contributed by atoms with Crippen LogP contribution in [0.3, 0.4) is 0 Å². The molecule has 0 atom stereocenters. The molecule has 0 aliphatic heterocycles. The molecule has 27 heavy (non-hydrogen) atoms. The highest BCUT2D eigenvalue weighted by molar-refractivity contribution is 5.97. The van der Waals surface area contributed by atoms with Crippen molar-refractivity contribution in [2.75, 3.05) is 11.9 Å². The second-order valence-corrected chi connectivity index (χ2v) is 6.24. The number of amidine groups is 1. The van der Waals surface area contributed by atoms with E-state index < -0.39 is 0 Å². The third-order valence-corrected chi connectivity index (χ3v) is 3.81. The first kappa shape index (κ1) is 20.0. The van der Waals surface area contributed by atoms with Crippen LogP contribution < -0.4 is 10.1 Å². The van der Waals surface area contributed by atoms with Crippen LogP contribution in [-0.2, 0) is 0 Å². The molecule has 0 amide bonds. The number of ether oxygens (including phenoxy) is 1. The van der Waals surface area contributed by atoms with E-state index >= 15 is 0 Å². The van der Waals surface area contributed by atoms with Gasteiger partial charge >= 0.3 is 0 Å². The molecule has 4 nitrogen and oxygen atoms in total. The summed E-state index contributed by atoms with van der Waals surface area (Å²) in [5.41, 5.74) is 5.42. The maximum absolute atomic E-state index is 9.39. The van der Waals surface area contributed by atoms with Gasteiger partial charge in [-0.3, -0.25) is 0 Å². The lowest BCUT2D eigenvalue weighted by Crippen LogP contribution is -2.08. The number of aliphatic imine (C=N–C) groups is 1. The normalized spacial score (nSPS) is 11.7. The van der Waals surface area contributed by atoms with Gasteiger partial charge in [0, 0.05) is 12.7 Å². The van der Waals surface area contributed by atoms with E-state index in [2.05, 4.69) is 55.0 Å². The van der Waals surface area contributed by atoms with Crippen molar-refractivity contribution in [2.24, 2.45) is 4.99 Å². The molecule has 2 aromatic rings. The third kappa shape index (κ3) is 5.58. The van der Waals surface area contributed by atoms with Crippen molar-refractivity contribution in [3.05, 3.63) is 77.4 Å². The largest absolute Gasteiger partial charge is 0.492 e. The third-order valence-electron chi connectivity index (χ3n) is 3.81. The number of allylic oxidation sites excluding steroid dienone is 2. The predicted molar refractivity (Wildman–Crippen MR) is 115 cm³/mol. The molecule has 140 valence electrons. The molecule has 0 spiro atoms. The molecule has 0 saturated carbocycles. The van der Waals surface area contributed by atoms with E-state index in [1.807, 2.05) is 26.0 Å². The number of anilines is 1. The van der Waals surface area contributed by atoms with Crippen LogP contribution in [-0.4, -0.2) is 12.4 Å². The molecule has 1 N–H and O–H groups in total. The van der Waals surface area contributed by atoms with Crippen molar-refractivity contribution in [1.82, 2.24) is 0 Å². The van der Waals surface area contributed by atoms with Gasteiger partial charge in [-0.15, -0.1) is 0 Å². The number of aryl methyl sites for hydroxylation is 2. The van der Waals surface area contributed by atoms with E-state index in [9.17, 15) is 5.26 Å². The number of rotatable bonds is 6. The van der Waals surface area contributed by atoms with Gasteiger partial charge in [-0.2, -0.15) is 5.26 Å². The van der Waals surface area contributed by atoms with E-state index in [1.165, 1.54) is 11.1 Å². The van der Waals surface area contributed by atoms with Crippen LogP contribution >= 0.6 is 0 Å². The summed E-state index contributed by atoms with van der Waals surface area (Å²) < 4.78 is 5.49. The number of nitrogens with one attached hydrogen (secondary N) is 1. The molecule has 0 radical (unpaired) electrons. The SMILES string of the molecule is C=C/C=C(\N=C(C)Nc1cc(C)cc(C)c1)c1ccc(OCC)c(C#N)c1.[HH]. The lowest BCUT2D eigenvalue weighted by molar-refractivity contribution is 0.339. The van der Waals surface area contributed by atoms with Gasteiger partial charge < -0.3 is 10.1 Å². The monoisotopic (exact) mass is 361 g/mol. The number of nitrogens with zero attached hydrogens (tertiary/aromatic N) is 2. The zero-order valence-electron chi connectivity index (χ0n) is 16.3.